The summed E-state index contributed by atoms with van der Waals surface area (Å²) in [5.41, 5.74) is 0.926. The van der Waals surface area contributed by atoms with Crippen molar-refractivity contribution in [1.82, 2.24) is 5.32 Å². The summed E-state index contributed by atoms with van der Waals surface area (Å²) >= 11 is 0. The minimum Gasteiger partial charge on any atom is -0.378 e. The maximum absolute atomic E-state index is 12.5. The quantitative estimate of drug-likeness (QED) is 0.887. The highest BCUT2D eigenvalue weighted by Gasteiger charge is 2.43. The predicted molar refractivity (Wildman–Crippen MR) is 79.9 cm³/mol. The van der Waals surface area contributed by atoms with Crippen molar-refractivity contribution in [3.8, 4) is 0 Å². The molecule has 0 aromatic heterocycles. The summed E-state index contributed by atoms with van der Waals surface area (Å²) in [7, 11) is 3.92. The van der Waals surface area contributed by atoms with Crippen LogP contribution in [0.5, 0.6) is 0 Å². The minimum atomic E-state index is -0.871. The van der Waals surface area contributed by atoms with Gasteiger partial charge in [0, 0.05) is 25.5 Å². The van der Waals surface area contributed by atoms with Crippen molar-refractivity contribution in [2.75, 3.05) is 23.9 Å². The molecule has 108 valence electrons. The Labute approximate surface area is 119 Å². The van der Waals surface area contributed by atoms with Crippen LogP contribution in [0.2, 0.25) is 0 Å². The second-order valence-electron chi connectivity index (χ2n) is 5.88. The van der Waals surface area contributed by atoms with Gasteiger partial charge in [0.15, 0.2) is 0 Å². The molecule has 1 saturated heterocycles. The second-order valence-corrected chi connectivity index (χ2v) is 5.88. The van der Waals surface area contributed by atoms with E-state index in [1.165, 1.54) is 0 Å². The van der Waals surface area contributed by atoms with Gasteiger partial charge in [-0.05, 0) is 45.0 Å². The fraction of sp³-hybridized carbons (Fsp3) is 0.467. The maximum atomic E-state index is 12.5. The first-order valence-corrected chi connectivity index (χ1v) is 6.67. The number of carbonyl (C=O) groups is 2. The molecule has 1 fully saturated rings. The normalized spacial score (nSPS) is 21.6. The molecular formula is C15H21N3O2. The van der Waals surface area contributed by atoms with Gasteiger partial charge in [0.05, 0.1) is 0 Å². The van der Waals surface area contributed by atoms with Crippen LogP contribution in [0.3, 0.4) is 0 Å². The van der Waals surface area contributed by atoms with Crippen LogP contribution in [0.15, 0.2) is 24.3 Å². The molecule has 2 amide bonds. The fourth-order valence-corrected chi connectivity index (χ4v) is 2.31. The molecule has 1 atom stereocenters. The average molecular weight is 275 g/mol. The molecule has 0 spiro atoms. The smallest absolute Gasteiger partial charge is 0.252 e. The molecule has 1 unspecified atom stereocenters. The van der Waals surface area contributed by atoms with Gasteiger partial charge in [-0.3, -0.25) is 14.5 Å². The second kappa shape index (κ2) is 4.81. The van der Waals surface area contributed by atoms with E-state index in [1.807, 2.05) is 43.3 Å². The van der Waals surface area contributed by atoms with Gasteiger partial charge >= 0.3 is 0 Å². The molecular weight excluding hydrogens is 254 g/mol. The van der Waals surface area contributed by atoms with Crippen LogP contribution in [-0.2, 0) is 9.59 Å². The lowest BCUT2D eigenvalue weighted by Crippen LogP contribution is -2.67. The van der Waals surface area contributed by atoms with Crippen molar-refractivity contribution >= 4 is 23.2 Å². The molecule has 20 heavy (non-hydrogen) atoms. The molecule has 1 N–H and O–H groups in total. The Morgan fingerprint density at radius 3 is 2.20 bits per heavy atom. The third-order valence-corrected chi connectivity index (χ3v) is 3.60. The van der Waals surface area contributed by atoms with Crippen molar-refractivity contribution in [3.05, 3.63) is 24.3 Å². The zero-order chi connectivity index (χ0) is 15.1. The summed E-state index contributed by atoms with van der Waals surface area (Å²) in [6.07, 6.45) is 0. The fourth-order valence-electron chi connectivity index (χ4n) is 2.31. The van der Waals surface area contributed by atoms with Crippen molar-refractivity contribution in [1.29, 1.82) is 0 Å². The number of piperazine rings is 1. The van der Waals surface area contributed by atoms with Crippen molar-refractivity contribution in [2.45, 2.75) is 32.4 Å². The van der Waals surface area contributed by atoms with Crippen molar-refractivity contribution in [3.63, 3.8) is 0 Å². The highest BCUT2D eigenvalue weighted by atomic mass is 16.2. The van der Waals surface area contributed by atoms with Gasteiger partial charge in [-0.2, -0.15) is 0 Å². The number of benzene rings is 1. The van der Waals surface area contributed by atoms with E-state index >= 15 is 0 Å². The van der Waals surface area contributed by atoms with E-state index < -0.39 is 11.6 Å². The summed E-state index contributed by atoms with van der Waals surface area (Å²) < 4.78 is 0. The number of hydrogen-bond donors (Lipinski definition) is 1. The van der Waals surface area contributed by atoms with E-state index in [0.29, 0.717) is 0 Å². The number of amides is 2. The van der Waals surface area contributed by atoms with E-state index in [0.717, 1.165) is 11.4 Å². The molecule has 1 aromatic rings. The maximum Gasteiger partial charge on any atom is 0.252 e. The molecule has 1 aliphatic rings. The van der Waals surface area contributed by atoms with Crippen molar-refractivity contribution < 1.29 is 9.59 Å². The summed E-state index contributed by atoms with van der Waals surface area (Å²) in [5.74, 6) is -0.228. The Hall–Kier alpha value is -2.04. The van der Waals surface area contributed by atoms with Gasteiger partial charge in [0.2, 0.25) is 5.91 Å². The molecule has 0 bridgehead atoms. The third-order valence-electron chi connectivity index (χ3n) is 3.60. The van der Waals surface area contributed by atoms with Gasteiger partial charge < -0.3 is 10.2 Å². The number of nitrogens with one attached hydrogen (secondary N) is 1. The first kappa shape index (κ1) is 14.4. The van der Waals surface area contributed by atoms with Crippen molar-refractivity contribution in [2.24, 2.45) is 0 Å². The Balaban J connectivity index is 2.38. The van der Waals surface area contributed by atoms with E-state index in [9.17, 15) is 9.59 Å². The summed E-state index contributed by atoms with van der Waals surface area (Å²) in [5, 5.41) is 2.75. The van der Waals surface area contributed by atoms with E-state index in [-0.39, 0.29) is 11.8 Å². The number of nitrogens with zero attached hydrogens (tertiary/aromatic N) is 2. The van der Waals surface area contributed by atoms with Gasteiger partial charge in [-0.25, -0.2) is 0 Å². The Bertz CT molecular complexity index is 535. The third kappa shape index (κ3) is 2.35. The standard InChI is InChI=1S/C15H21N3O2/c1-10-13(19)16-15(2,3)14(20)18(10)12-8-6-11(7-9-12)17(4)5/h6-10H,1-5H3,(H,16,19). The molecule has 0 saturated carbocycles. The van der Waals surface area contributed by atoms with Gasteiger partial charge in [-0.1, -0.05) is 0 Å². The SMILES string of the molecule is CC1C(=O)NC(C)(C)C(=O)N1c1ccc(N(C)C)cc1. The average Bonchev–Trinajstić information content (AvgIpc) is 2.37. The Morgan fingerprint density at radius 1 is 1.15 bits per heavy atom. The van der Waals surface area contributed by atoms with Gasteiger partial charge in [-0.15, -0.1) is 0 Å². The molecule has 1 heterocycles. The van der Waals surface area contributed by atoms with Crippen LogP contribution in [0, 0.1) is 0 Å². The van der Waals surface area contributed by atoms with Crippen LogP contribution >= 0.6 is 0 Å². The van der Waals surface area contributed by atoms with E-state index in [4.69, 9.17) is 0 Å². The molecule has 5 heteroatoms. The molecule has 1 aliphatic heterocycles. The Morgan fingerprint density at radius 2 is 1.70 bits per heavy atom. The number of anilines is 2. The van der Waals surface area contributed by atoms with Crippen LogP contribution in [0.25, 0.3) is 0 Å². The topological polar surface area (TPSA) is 52.7 Å². The number of hydrogen-bond acceptors (Lipinski definition) is 3. The number of rotatable bonds is 2. The zero-order valence-corrected chi connectivity index (χ0v) is 12.6. The largest absolute Gasteiger partial charge is 0.378 e. The van der Waals surface area contributed by atoms with Crippen LogP contribution < -0.4 is 15.1 Å². The first-order valence-electron chi connectivity index (χ1n) is 6.67. The molecule has 2 rings (SSSR count). The lowest BCUT2D eigenvalue weighted by Gasteiger charge is -2.41. The molecule has 0 radical (unpaired) electrons. The van der Waals surface area contributed by atoms with E-state index in [1.54, 1.807) is 25.7 Å². The highest BCUT2D eigenvalue weighted by molar-refractivity contribution is 6.10. The summed E-state index contributed by atoms with van der Waals surface area (Å²) in [6, 6.07) is 7.13. The monoisotopic (exact) mass is 275 g/mol. The van der Waals surface area contributed by atoms with Crippen LogP contribution in [0.4, 0.5) is 11.4 Å². The van der Waals surface area contributed by atoms with Gasteiger partial charge in [0.1, 0.15) is 11.6 Å². The summed E-state index contributed by atoms with van der Waals surface area (Å²) in [4.78, 5) is 28.1. The Kier molecular flexibility index (Phi) is 3.46. The first-order chi connectivity index (χ1) is 9.24. The minimum absolute atomic E-state index is 0.0952. The predicted octanol–water partition coefficient (Wildman–Crippen LogP) is 1.38. The lowest BCUT2D eigenvalue weighted by atomic mass is 9.96. The molecule has 1 aromatic carbocycles. The lowest BCUT2D eigenvalue weighted by molar-refractivity contribution is -0.136. The number of carbonyl (C=O) groups excluding carboxylic acids is 2. The molecule has 0 aliphatic carbocycles. The van der Waals surface area contributed by atoms with Gasteiger partial charge in [0.25, 0.3) is 5.91 Å². The molecule has 5 nitrogen and oxygen atoms in total. The van der Waals surface area contributed by atoms with E-state index in [2.05, 4.69) is 5.32 Å². The highest BCUT2D eigenvalue weighted by Crippen LogP contribution is 2.27. The van der Waals surface area contributed by atoms with Crippen LogP contribution in [0.1, 0.15) is 20.8 Å². The summed E-state index contributed by atoms with van der Waals surface area (Å²) in [6.45, 7) is 5.18. The zero-order valence-electron chi connectivity index (χ0n) is 12.6. The van der Waals surface area contributed by atoms with Crippen LogP contribution in [-0.4, -0.2) is 37.5 Å².